The lowest BCUT2D eigenvalue weighted by molar-refractivity contribution is 0.942. The van der Waals surface area contributed by atoms with Crippen molar-refractivity contribution in [3.63, 3.8) is 0 Å². The van der Waals surface area contributed by atoms with Crippen molar-refractivity contribution in [3.05, 3.63) is 51.4 Å². The van der Waals surface area contributed by atoms with Crippen LogP contribution in [0.3, 0.4) is 0 Å². The normalized spacial score (nSPS) is 10.1. The van der Waals surface area contributed by atoms with E-state index in [0.717, 1.165) is 10.0 Å². The predicted octanol–water partition coefficient (Wildman–Crippen LogP) is 2.59. The first-order valence-corrected chi connectivity index (χ1v) is 6.17. The van der Waals surface area contributed by atoms with Gasteiger partial charge in [-0.05, 0) is 24.6 Å². The molecule has 0 atom stereocenters. The van der Waals surface area contributed by atoms with E-state index in [1.54, 1.807) is 6.92 Å². The third kappa shape index (κ3) is 2.66. The van der Waals surface area contributed by atoms with Gasteiger partial charge in [0.2, 0.25) is 0 Å². The first-order chi connectivity index (χ1) is 8.60. The highest BCUT2D eigenvalue weighted by molar-refractivity contribution is 9.10. The van der Waals surface area contributed by atoms with E-state index in [-0.39, 0.29) is 5.82 Å². The van der Waals surface area contributed by atoms with Crippen LogP contribution < -0.4 is 5.73 Å². The minimum absolute atomic E-state index is 0.247. The Morgan fingerprint density at radius 3 is 2.50 bits per heavy atom. The Morgan fingerprint density at radius 2 is 1.94 bits per heavy atom. The van der Waals surface area contributed by atoms with E-state index in [9.17, 15) is 0 Å². The van der Waals surface area contributed by atoms with E-state index in [1.807, 2.05) is 30.3 Å². The molecule has 0 saturated carbocycles. The second kappa shape index (κ2) is 5.15. The number of hydrogen-bond acceptors (Lipinski definition) is 4. The Kier molecular flexibility index (Phi) is 3.58. The molecule has 0 bridgehead atoms. The standard InChI is InChI=1S/C13H11BrN4/c1-8-11(7-15)13(16)18-12(17-8)6-9-2-4-10(14)5-3-9/h2-5H,6H2,1H3,(H2,16,17,18). The average Bonchev–Trinajstić information content (AvgIpc) is 2.32. The van der Waals surface area contributed by atoms with Gasteiger partial charge in [0.1, 0.15) is 23.3 Å². The quantitative estimate of drug-likeness (QED) is 0.925. The zero-order valence-electron chi connectivity index (χ0n) is 9.81. The van der Waals surface area contributed by atoms with Crippen molar-refractivity contribution in [2.24, 2.45) is 0 Å². The third-order valence-electron chi connectivity index (χ3n) is 2.55. The molecule has 1 heterocycles. The summed E-state index contributed by atoms with van der Waals surface area (Å²) in [5.74, 6) is 0.878. The summed E-state index contributed by atoms with van der Waals surface area (Å²) in [5.41, 5.74) is 7.81. The lowest BCUT2D eigenvalue weighted by atomic mass is 10.1. The van der Waals surface area contributed by atoms with Crippen LogP contribution in [0.15, 0.2) is 28.7 Å². The van der Waals surface area contributed by atoms with E-state index < -0.39 is 0 Å². The number of rotatable bonds is 2. The number of nitrogens with two attached hydrogens (primary N) is 1. The average molecular weight is 303 g/mol. The topological polar surface area (TPSA) is 75.6 Å². The third-order valence-corrected chi connectivity index (χ3v) is 3.08. The molecule has 18 heavy (non-hydrogen) atoms. The van der Waals surface area contributed by atoms with E-state index in [2.05, 4.69) is 25.9 Å². The fourth-order valence-electron chi connectivity index (χ4n) is 1.66. The summed E-state index contributed by atoms with van der Waals surface area (Å²) in [5, 5.41) is 8.90. The van der Waals surface area contributed by atoms with Crippen LogP contribution in [0.5, 0.6) is 0 Å². The molecule has 1 aromatic carbocycles. The fraction of sp³-hybridized carbons (Fsp3) is 0.154. The van der Waals surface area contributed by atoms with Gasteiger partial charge in [0.25, 0.3) is 0 Å². The number of aromatic nitrogens is 2. The maximum absolute atomic E-state index is 8.90. The van der Waals surface area contributed by atoms with Gasteiger partial charge in [-0.3, -0.25) is 0 Å². The summed E-state index contributed by atoms with van der Waals surface area (Å²) in [7, 11) is 0. The summed E-state index contributed by atoms with van der Waals surface area (Å²) < 4.78 is 1.03. The molecular weight excluding hydrogens is 292 g/mol. The number of benzene rings is 1. The van der Waals surface area contributed by atoms with Gasteiger partial charge in [0.15, 0.2) is 0 Å². The van der Waals surface area contributed by atoms with Gasteiger partial charge < -0.3 is 5.73 Å². The number of hydrogen-bond donors (Lipinski definition) is 1. The van der Waals surface area contributed by atoms with Crippen LogP contribution in [0.1, 0.15) is 22.6 Å². The van der Waals surface area contributed by atoms with Crippen LogP contribution in [-0.2, 0) is 6.42 Å². The van der Waals surface area contributed by atoms with Gasteiger partial charge in [-0.1, -0.05) is 28.1 Å². The molecule has 0 aliphatic carbocycles. The van der Waals surface area contributed by atoms with Gasteiger partial charge >= 0.3 is 0 Å². The van der Waals surface area contributed by atoms with Gasteiger partial charge in [-0.2, -0.15) is 5.26 Å². The number of halogens is 1. The minimum Gasteiger partial charge on any atom is -0.382 e. The Balaban J connectivity index is 2.31. The smallest absolute Gasteiger partial charge is 0.145 e. The maximum Gasteiger partial charge on any atom is 0.145 e. The second-order valence-electron chi connectivity index (χ2n) is 3.90. The zero-order chi connectivity index (χ0) is 13.1. The van der Waals surface area contributed by atoms with Gasteiger partial charge in [-0.25, -0.2) is 9.97 Å². The van der Waals surface area contributed by atoms with Crippen molar-refractivity contribution < 1.29 is 0 Å². The minimum atomic E-state index is 0.247. The molecular formula is C13H11BrN4. The van der Waals surface area contributed by atoms with E-state index >= 15 is 0 Å². The molecule has 90 valence electrons. The largest absolute Gasteiger partial charge is 0.382 e. The molecule has 0 saturated heterocycles. The molecule has 1 aromatic heterocycles. The molecule has 0 aliphatic rings. The molecule has 0 spiro atoms. The second-order valence-corrected chi connectivity index (χ2v) is 4.82. The van der Waals surface area contributed by atoms with Crippen molar-refractivity contribution >= 4 is 21.7 Å². The number of nitrogens with zero attached hydrogens (tertiary/aromatic N) is 3. The molecule has 0 aliphatic heterocycles. The van der Waals surface area contributed by atoms with Crippen LogP contribution >= 0.6 is 15.9 Å². The Hall–Kier alpha value is -1.93. The van der Waals surface area contributed by atoms with Gasteiger partial charge in [0.05, 0.1) is 5.69 Å². The van der Waals surface area contributed by atoms with Crippen molar-refractivity contribution in [2.45, 2.75) is 13.3 Å². The highest BCUT2D eigenvalue weighted by Crippen LogP contribution is 2.15. The van der Waals surface area contributed by atoms with E-state index in [0.29, 0.717) is 23.5 Å². The summed E-state index contributed by atoms with van der Waals surface area (Å²) in [6.45, 7) is 1.77. The predicted molar refractivity (Wildman–Crippen MR) is 72.8 cm³/mol. The van der Waals surface area contributed by atoms with Gasteiger partial charge in [-0.15, -0.1) is 0 Å². The monoisotopic (exact) mass is 302 g/mol. The molecule has 2 aromatic rings. The molecule has 0 unspecified atom stereocenters. The van der Waals surface area contributed by atoms with E-state index in [4.69, 9.17) is 11.0 Å². The van der Waals surface area contributed by atoms with Crippen LogP contribution in [0.2, 0.25) is 0 Å². The van der Waals surface area contributed by atoms with Gasteiger partial charge in [0, 0.05) is 10.9 Å². The Morgan fingerprint density at radius 1 is 1.28 bits per heavy atom. The number of aryl methyl sites for hydroxylation is 1. The number of anilines is 1. The van der Waals surface area contributed by atoms with Crippen molar-refractivity contribution in [1.82, 2.24) is 9.97 Å². The maximum atomic E-state index is 8.90. The van der Waals surface area contributed by atoms with Crippen LogP contribution in [0, 0.1) is 18.3 Å². The molecule has 0 radical (unpaired) electrons. The summed E-state index contributed by atoms with van der Waals surface area (Å²) in [6, 6.07) is 9.94. The summed E-state index contributed by atoms with van der Waals surface area (Å²) in [6.07, 6.45) is 0.601. The highest BCUT2D eigenvalue weighted by Gasteiger charge is 2.08. The molecule has 0 fully saturated rings. The lowest BCUT2D eigenvalue weighted by Crippen LogP contribution is -2.06. The zero-order valence-corrected chi connectivity index (χ0v) is 11.4. The molecule has 4 nitrogen and oxygen atoms in total. The SMILES string of the molecule is Cc1nc(Cc2ccc(Br)cc2)nc(N)c1C#N. The lowest BCUT2D eigenvalue weighted by Gasteiger charge is -2.05. The molecule has 2 rings (SSSR count). The number of nitrogen functional groups attached to an aromatic ring is 1. The summed E-state index contributed by atoms with van der Waals surface area (Å²) in [4.78, 5) is 8.45. The molecule has 0 amide bonds. The van der Waals surface area contributed by atoms with Crippen LogP contribution in [0.4, 0.5) is 5.82 Å². The first-order valence-electron chi connectivity index (χ1n) is 5.37. The van der Waals surface area contributed by atoms with Crippen molar-refractivity contribution in [2.75, 3.05) is 5.73 Å². The fourth-order valence-corrected chi connectivity index (χ4v) is 1.92. The number of nitriles is 1. The van der Waals surface area contributed by atoms with Crippen molar-refractivity contribution in [1.29, 1.82) is 5.26 Å². The van der Waals surface area contributed by atoms with Crippen molar-refractivity contribution in [3.8, 4) is 6.07 Å². The van der Waals surface area contributed by atoms with Crippen LogP contribution in [-0.4, -0.2) is 9.97 Å². The Labute approximate surface area is 114 Å². The molecule has 2 N–H and O–H groups in total. The summed E-state index contributed by atoms with van der Waals surface area (Å²) >= 11 is 3.39. The first kappa shape index (κ1) is 12.5. The molecule has 5 heteroatoms. The van der Waals surface area contributed by atoms with Crippen LogP contribution in [0.25, 0.3) is 0 Å². The van der Waals surface area contributed by atoms with E-state index in [1.165, 1.54) is 0 Å². The Bertz CT molecular complexity index is 591. The highest BCUT2D eigenvalue weighted by atomic mass is 79.9.